The van der Waals surface area contributed by atoms with Gasteiger partial charge in [0.2, 0.25) is 0 Å². The smallest absolute Gasteiger partial charge is 0.254 e. The molecule has 0 aliphatic carbocycles. The number of ether oxygens (including phenoxy) is 2. The van der Waals surface area contributed by atoms with E-state index in [1.807, 2.05) is 65.6 Å². The Kier molecular flexibility index (Phi) is 5.66. The van der Waals surface area contributed by atoms with Gasteiger partial charge in [-0.1, -0.05) is 24.3 Å². The molecule has 1 aliphatic rings. The molecule has 0 unspecified atom stereocenters. The van der Waals surface area contributed by atoms with Crippen molar-refractivity contribution in [2.45, 2.75) is 0 Å². The van der Waals surface area contributed by atoms with E-state index in [1.54, 1.807) is 13.2 Å². The number of hydrogen-bond donors (Lipinski definition) is 0. The first-order valence-electron chi connectivity index (χ1n) is 9.74. The van der Waals surface area contributed by atoms with E-state index in [4.69, 9.17) is 9.47 Å². The zero-order valence-corrected chi connectivity index (χ0v) is 16.5. The number of carbonyl (C=O) groups excluding carboxylic acids is 1. The van der Waals surface area contributed by atoms with E-state index in [9.17, 15) is 4.79 Å². The molecule has 29 heavy (non-hydrogen) atoms. The molecule has 4 rings (SSSR count). The largest absolute Gasteiger partial charge is 0.497 e. The number of para-hydroxylation sites is 1. The second kappa shape index (κ2) is 8.69. The van der Waals surface area contributed by atoms with Crippen LogP contribution < -0.4 is 14.4 Å². The molecule has 3 aromatic carbocycles. The van der Waals surface area contributed by atoms with Gasteiger partial charge in [0.05, 0.1) is 7.11 Å². The molecule has 1 amide bonds. The fraction of sp³-hybridized carbons (Fsp3) is 0.208. The van der Waals surface area contributed by atoms with Gasteiger partial charge in [-0.3, -0.25) is 4.79 Å². The summed E-state index contributed by atoms with van der Waals surface area (Å²) >= 11 is 0. The molecule has 148 valence electrons. The molecule has 1 saturated heterocycles. The van der Waals surface area contributed by atoms with E-state index in [1.165, 1.54) is 5.69 Å². The average molecular weight is 388 g/mol. The molecule has 1 fully saturated rings. The molecule has 5 heteroatoms. The summed E-state index contributed by atoms with van der Waals surface area (Å²) in [5, 5.41) is 0. The second-order valence-electron chi connectivity index (χ2n) is 6.92. The molecular formula is C24H24N2O3. The predicted octanol–water partition coefficient (Wildman–Crippen LogP) is 4.45. The van der Waals surface area contributed by atoms with Crippen molar-refractivity contribution in [2.75, 3.05) is 38.2 Å². The number of nitrogens with zero attached hydrogens (tertiary/aromatic N) is 2. The number of benzene rings is 3. The molecule has 0 N–H and O–H groups in total. The van der Waals surface area contributed by atoms with Gasteiger partial charge in [0, 0.05) is 37.4 Å². The van der Waals surface area contributed by atoms with Gasteiger partial charge < -0.3 is 19.3 Å². The van der Waals surface area contributed by atoms with Crippen LogP contribution in [0.15, 0.2) is 78.9 Å². The van der Waals surface area contributed by atoms with E-state index in [0.717, 1.165) is 18.8 Å². The number of piperazine rings is 1. The van der Waals surface area contributed by atoms with Gasteiger partial charge in [-0.2, -0.15) is 0 Å². The van der Waals surface area contributed by atoms with Crippen molar-refractivity contribution in [1.29, 1.82) is 0 Å². The van der Waals surface area contributed by atoms with Crippen LogP contribution in [-0.4, -0.2) is 44.1 Å². The Hall–Kier alpha value is -3.47. The van der Waals surface area contributed by atoms with E-state index in [2.05, 4.69) is 17.0 Å². The SMILES string of the molecule is COc1ccc(Oc2cccc(C(=O)N3CCN(c4ccccc4)CC3)c2)cc1. The quantitative estimate of drug-likeness (QED) is 0.648. The summed E-state index contributed by atoms with van der Waals surface area (Å²) in [6.45, 7) is 3.07. The lowest BCUT2D eigenvalue weighted by Crippen LogP contribution is -2.48. The summed E-state index contributed by atoms with van der Waals surface area (Å²) in [4.78, 5) is 17.2. The lowest BCUT2D eigenvalue weighted by Gasteiger charge is -2.36. The van der Waals surface area contributed by atoms with Crippen LogP contribution >= 0.6 is 0 Å². The maximum atomic E-state index is 13.0. The highest BCUT2D eigenvalue weighted by atomic mass is 16.5. The van der Waals surface area contributed by atoms with Gasteiger partial charge in [0.15, 0.2) is 0 Å². The van der Waals surface area contributed by atoms with Crippen LogP contribution in [0.3, 0.4) is 0 Å². The highest BCUT2D eigenvalue weighted by Crippen LogP contribution is 2.25. The van der Waals surface area contributed by atoms with E-state index >= 15 is 0 Å². The van der Waals surface area contributed by atoms with Gasteiger partial charge >= 0.3 is 0 Å². The lowest BCUT2D eigenvalue weighted by atomic mass is 10.1. The number of carbonyl (C=O) groups is 1. The minimum atomic E-state index is 0.0397. The van der Waals surface area contributed by atoms with Gasteiger partial charge in [-0.25, -0.2) is 0 Å². The Bertz CT molecular complexity index is 949. The molecular weight excluding hydrogens is 364 g/mol. The van der Waals surface area contributed by atoms with Crippen molar-refractivity contribution in [3.05, 3.63) is 84.4 Å². The third-order valence-electron chi connectivity index (χ3n) is 5.06. The molecule has 0 bridgehead atoms. The van der Waals surface area contributed by atoms with Crippen molar-refractivity contribution in [3.8, 4) is 17.2 Å². The van der Waals surface area contributed by atoms with Gasteiger partial charge in [0.1, 0.15) is 17.2 Å². The lowest BCUT2D eigenvalue weighted by molar-refractivity contribution is 0.0746. The first-order valence-corrected chi connectivity index (χ1v) is 9.74. The third-order valence-corrected chi connectivity index (χ3v) is 5.06. The van der Waals surface area contributed by atoms with E-state index < -0.39 is 0 Å². The number of methoxy groups -OCH3 is 1. The number of hydrogen-bond acceptors (Lipinski definition) is 4. The van der Waals surface area contributed by atoms with Crippen LogP contribution in [0.4, 0.5) is 5.69 Å². The highest BCUT2D eigenvalue weighted by molar-refractivity contribution is 5.94. The monoisotopic (exact) mass is 388 g/mol. The van der Waals surface area contributed by atoms with Gasteiger partial charge in [0.25, 0.3) is 5.91 Å². The molecule has 0 atom stereocenters. The van der Waals surface area contributed by atoms with Gasteiger partial charge in [-0.05, 0) is 54.6 Å². The van der Waals surface area contributed by atoms with Crippen LogP contribution in [0, 0.1) is 0 Å². The fourth-order valence-electron chi connectivity index (χ4n) is 3.46. The van der Waals surface area contributed by atoms with Crippen molar-refractivity contribution < 1.29 is 14.3 Å². The van der Waals surface area contributed by atoms with Crippen LogP contribution in [0.2, 0.25) is 0 Å². The summed E-state index contributed by atoms with van der Waals surface area (Å²) in [6, 6.07) is 25.0. The summed E-state index contributed by atoms with van der Waals surface area (Å²) < 4.78 is 11.1. The summed E-state index contributed by atoms with van der Waals surface area (Å²) in [7, 11) is 1.63. The summed E-state index contributed by atoms with van der Waals surface area (Å²) in [6.07, 6.45) is 0. The topological polar surface area (TPSA) is 42.0 Å². The number of rotatable bonds is 5. The number of anilines is 1. The first-order chi connectivity index (χ1) is 14.2. The molecule has 1 aliphatic heterocycles. The zero-order valence-electron chi connectivity index (χ0n) is 16.5. The minimum Gasteiger partial charge on any atom is -0.497 e. The van der Waals surface area contributed by atoms with E-state index in [-0.39, 0.29) is 5.91 Å². The zero-order chi connectivity index (χ0) is 20.1. The van der Waals surface area contributed by atoms with Crippen LogP contribution in [0.5, 0.6) is 17.2 Å². The maximum Gasteiger partial charge on any atom is 0.254 e. The summed E-state index contributed by atoms with van der Waals surface area (Å²) in [5.41, 5.74) is 1.85. The fourth-order valence-corrected chi connectivity index (χ4v) is 3.46. The van der Waals surface area contributed by atoms with Crippen LogP contribution in [0.1, 0.15) is 10.4 Å². The molecule has 0 saturated carbocycles. The van der Waals surface area contributed by atoms with E-state index in [0.29, 0.717) is 30.2 Å². The predicted molar refractivity (Wildman–Crippen MR) is 114 cm³/mol. The second-order valence-corrected chi connectivity index (χ2v) is 6.92. The van der Waals surface area contributed by atoms with Crippen LogP contribution in [0.25, 0.3) is 0 Å². The van der Waals surface area contributed by atoms with Crippen molar-refractivity contribution in [1.82, 2.24) is 4.90 Å². The normalized spacial score (nSPS) is 13.8. The van der Waals surface area contributed by atoms with Gasteiger partial charge in [-0.15, -0.1) is 0 Å². The Labute approximate surface area is 171 Å². The molecule has 1 heterocycles. The van der Waals surface area contributed by atoms with Crippen molar-refractivity contribution >= 4 is 11.6 Å². The minimum absolute atomic E-state index is 0.0397. The van der Waals surface area contributed by atoms with Crippen molar-refractivity contribution in [2.24, 2.45) is 0 Å². The molecule has 0 spiro atoms. The Morgan fingerprint density at radius 2 is 1.45 bits per heavy atom. The highest BCUT2D eigenvalue weighted by Gasteiger charge is 2.22. The maximum absolute atomic E-state index is 13.0. The Balaban J connectivity index is 1.39. The molecule has 0 aromatic heterocycles. The summed E-state index contributed by atoms with van der Waals surface area (Å²) in [5.74, 6) is 2.16. The number of amides is 1. The first kappa shape index (κ1) is 18.9. The Morgan fingerprint density at radius 3 is 2.14 bits per heavy atom. The molecule has 0 radical (unpaired) electrons. The standard InChI is InChI=1S/C24H24N2O3/c1-28-21-10-12-22(13-11-21)29-23-9-5-6-19(18-23)24(27)26-16-14-25(15-17-26)20-7-3-2-4-8-20/h2-13,18H,14-17H2,1H3. The molecule has 3 aromatic rings. The van der Waals surface area contributed by atoms with Crippen molar-refractivity contribution in [3.63, 3.8) is 0 Å². The average Bonchev–Trinajstić information content (AvgIpc) is 2.80. The Morgan fingerprint density at radius 1 is 0.759 bits per heavy atom. The third kappa shape index (κ3) is 4.51. The molecule has 5 nitrogen and oxygen atoms in total. The van der Waals surface area contributed by atoms with Crippen LogP contribution in [-0.2, 0) is 0 Å².